The number of rotatable bonds is 40. The van der Waals surface area contributed by atoms with Crippen LogP contribution in [0.5, 0.6) is 0 Å². The SMILES string of the molecule is CC/C=C\CC1OC1C/C=C\C/C=C\C/C=C\C/C=C\CCC(=O)O[C@H](COC(=O)CCCCCCCCC/C=C\C/C=C\CCCCC)COP(=O)([O-])OCC[N+](C)(C)C. The van der Waals surface area contributed by atoms with Crippen molar-refractivity contribution in [2.24, 2.45) is 0 Å². The number of carbonyl (C=O) groups is 2. The van der Waals surface area contributed by atoms with Crippen molar-refractivity contribution in [2.75, 3.05) is 47.5 Å². The summed E-state index contributed by atoms with van der Waals surface area (Å²) in [6, 6.07) is 0. The first-order valence-corrected chi connectivity index (χ1v) is 24.9. The molecule has 1 saturated heterocycles. The number of unbranched alkanes of at least 4 members (excludes halogenated alkanes) is 10. The Labute approximate surface area is 371 Å². The minimum Gasteiger partial charge on any atom is -0.756 e. The predicted octanol–water partition coefficient (Wildman–Crippen LogP) is 11.9. The van der Waals surface area contributed by atoms with Crippen LogP contribution >= 0.6 is 7.82 Å². The number of ether oxygens (including phenoxy) is 3. The number of nitrogens with zero attached hydrogens (tertiary/aromatic N) is 1. The highest BCUT2D eigenvalue weighted by atomic mass is 31.2. The van der Waals surface area contributed by atoms with Crippen LogP contribution in [0.4, 0.5) is 0 Å². The number of quaternary nitrogens is 1. The van der Waals surface area contributed by atoms with E-state index in [0.29, 0.717) is 36.1 Å². The fourth-order valence-electron chi connectivity index (χ4n) is 6.04. The molecular formula is C50H84NO9P. The lowest BCUT2D eigenvalue weighted by molar-refractivity contribution is -0.870. The lowest BCUT2D eigenvalue weighted by atomic mass is 10.1. The first kappa shape index (κ1) is 56.2. The fraction of sp³-hybridized carbons (Fsp3) is 0.680. The molecule has 0 amide bonds. The molecule has 3 unspecified atom stereocenters. The van der Waals surface area contributed by atoms with Crippen LogP contribution in [0, 0.1) is 0 Å². The highest BCUT2D eigenvalue weighted by Crippen LogP contribution is 2.38. The van der Waals surface area contributed by atoms with Gasteiger partial charge in [-0.05, 0) is 83.5 Å². The van der Waals surface area contributed by atoms with Crippen molar-refractivity contribution in [3.63, 3.8) is 0 Å². The van der Waals surface area contributed by atoms with Gasteiger partial charge in [-0.15, -0.1) is 0 Å². The largest absolute Gasteiger partial charge is 0.756 e. The van der Waals surface area contributed by atoms with E-state index >= 15 is 0 Å². The van der Waals surface area contributed by atoms with Crippen LogP contribution in [0.1, 0.15) is 155 Å². The summed E-state index contributed by atoms with van der Waals surface area (Å²) < 4.78 is 39.5. The second kappa shape index (κ2) is 37.7. The zero-order valence-electron chi connectivity index (χ0n) is 38.8. The highest BCUT2D eigenvalue weighted by molar-refractivity contribution is 7.45. The van der Waals surface area contributed by atoms with Gasteiger partial charge in [0.25, 0.3) is 7.82 Å². The molecule has 4 atom stereocenters. The van der Waals surface area contributed by atoms with Crippen molar-refractivity contribution in [1.29, 1.82) is 0 Å². The number of epoxide rings is 1. The van der Waals surface area contributed by atoms with E-state index in [4.69, 9.17) is 23.3 Å². The van der Waals surface area contributed by atoms with Gasteiger partial charge in [0.2, 0.25) is 0 Å². The highest BCUT2D eigenvalue weighted by Gasteiger charge is 2.36. The molecule has 0 radical (unpaired) electrons. The Bertz CT molecular complexity index is 1380. The average molecular weight is 874 g/mol. The van der Waals surface area contributed by atoms with Gasteiger partial charge in [-0.3, -0.25) is 14.2 Å². The van der Waals surface area contributed by atoms with E-state index in [1.54, 1.807) is 0 Å². The standard InChI is InChI=1S/C50H84NO9P/c1-6-8-10-11-12-13-14-15-16-17-18-19-23-26-29-32-36-40-49(52)56-44-46(45-58-61(54,55)57-43-42-51(3,4)5)59-50(53)41-37-33-30-27-24-21-20-22-25-28-31-35-39-48-47(60-48)38-34-9-7-2/h9,12-13,15-16,21-22,24-25,30-31,33-35,46-48H,6-8,10-11,14,17-20,23,26-29,32,36-45H2,1-5H3/b13-12-,16-15-,24-21-,25-22-,33-30-,34-9-,35-31-/t46-,47?,48?/m1/s1. The second-order valence-corrected chi connectivity index (χ2v) is 18.2. The van der Waals surface area contributed by atoms with Gasteiger partial charge in [0.05, 0.1) is 40.0 Å². The van der Waals surface area contributed by atoms with Gasteiger partial charge in [0, 0.05) is 12.8 Å². The number of hydrogen-bond donors (Lipinski definition) is 0. The van der Waals surface area contributed by atoms with Gasteiger partial charge in [0.1, 0.15) is 19.8 Å². The first-order chi connectivity index (χ1) is 29.5. The Morgan fingerprint density at radius 3 is 1.69 bits per heavy atom. The Morgan fingerprint density at radius 2 is 1.11 bits per heavy atom. The normalized spacial score (nSPS) is 17.6. The second-order valence-electron chi connectivity index (χ2n) is 16.8. The number of phosphoric ester groups is 1. The van der Waals surface area contributed by atoms with Crippen molar-refractivity contribution in [3.8, 4) is 0 Å². The number of esters is 2. The molecule has 61 heavy (non-hydrogen) atoms. The van der Waals surface area contributed by atoms with Gasteiger partial charge >= 0.3 is 11.9 Å². The molecule has 0 aliphatic carbocycles. The number of allylic oxidation sites excluding steroid dienone is 12. The maximum atomic E-state index is 12.7. The van der Waals surface area contributed by atoms with Crippen molar-refractivity contribution in [3.05, 3.63) is 85.1 Å². The maximum absolute atomic E-state index is 12.7. The van der Waals surface area contributed by atoms with Crippen molar-refractivity contribution in [2.45, 2.75) is 173 Å². The molecule has 0 spiro atoms. The minimum absolute atomic E-state index is 0.0523. The van der Waals surface area contributed by atoms with E-state index in [-0.39, 0.29) is 26.1 Å². The molecule has 11 heteroatoms. The van der Waals surface area contributed by atoms with Crippen LogP contribution < -0.4 is 4.89 Å². The van der Waals surface area contributed by atoms with Gasteiger partial charge in [0.15, 0.2) is 6.10 Å². The van der Waals surface area contributed by atoms with Crippen LogP contribution in [0.25, 0.3) is 0 Å². The Morgan fingerprint density at radius 1 is 0.607 bits per heavy atom. The van der Waals surface area contributed by atoms with E-state index in [1.807, 2.05) is 33.3 Å². The molecule has 10 nitrogen and oxygen atoms in total. The third kappa shape index (κ3) is 38.5. The molecule has 0 aromatic carbocycles. The van der Waals surface area contributed by atoms with Crippen molar-refractivity contribution >= 4 is 19.8 Å². The third-order valence-electron chi connectivity index (χ3n) is 9.82. The topological polar surface area (TPSA) is 124 Å². The summed E-state index contributed by atoms with van der Waals surface area (Å²) in [5.41, 5.74) is 0. The number of hydrogen-bond acceptors (Lipinski definition) is 9. The van der Waals surface area contributed by atoms with Crippen LogP contribution in [0.15, 0.2) is 85.1 Å². The lowest BCUT2D eigenvalue weighted by Crippen LogP contribution is -2.37. The molecule has 1 heterocycles. The van der Waals surface area contributed by atoms with Crippen LogP contribution in [0.2, 0.25) is 0 Å². The fourth-order valence-corrected chi connectivity index (χ4v) is 6.77. The molecule has 1 rings (SSSR count). The third-order valence-corrected chi connectivity index (χ3v) is 10.8. The molecule has 0 bridgehead atoms. The molecule has 1 aliphatic rings. The van der Waals surface area contributed by atoms with Crippen LogP contribution in [-0.4, -0.2) is 82.2 Å². The zero-order chi connectivity index (χ0) is 44.7. The van der Waals surface area contributed by atoms with Crippen molar-refractivity contribution in [1.82, 2.24) is 0 Å². The van der Waals surface area contributed by atoms with Gasteiger partial charge in [-0.1, -0.05) is 144 Å². The Balaban J connectivity index is 2.32. The maximum Gasteiger partial charge on any atom is 0.306 e. The molecule has 0 aromatic heterocycles. The summed E-state index contributed by atoms with van der Waals surface area (Å²) in [5, 5.41) is 0. The monoisotopic (exact) mass is 874 g/mol. The summed E-state index contributed by atoms with van der Waals surface area (Å²) in [6.45, 7) is 3.97. The summed E-state index contributed by atoms with van der Waals surface area (Å²) in [7, 11) is 1.09. The van der Waals surface area contributed by atoms with Gasteiger partial charge in [-0.2, -0.15) is 0 Å². The van der Waals surface area contributed by atoms with E-state index in [0.717, 1.165) is 70.6 Å². The average Bonchev–Trinajstić information content (AvgIpc) is 3.97. The smallest absolute Gasteiger partial charge is 0.306 e. The van der Waals surface area contributed by atoms with Crippen LogP contribution in [0.3, 0.4) is 0 Å². The minimum atomic E-state index is -4.66. The summed E-state index contributed by atoms with van der Waals surface area (Å²) in [5.74, 6) is -0.953. The number of phosphoric acid groups is 1. The van der Waals surface area contributed by atoms with Gasteiger partial charge < -0.3 is 32.6 Å². The molecular weight excluding hydrogens is 790 g/mol. The van der Waals surface area contributed by atoms with Crippen LogP contribution in [-0.2, 0) is 37.4 Å². The molecule has 348 valence electrons. The molecule has 0 N–H and O–H groups in total. The predicted molar refractivity (Wildman–Crippen MR) is 249 cm³/mol. The Kier molecular flexibility index (Phi) is 34.7. The quantitative estimate of drug-likeness (QED) is 0.0148. The Hall–Kier alpha value is -2.85. The molecule has 0 aromatic rings. The summed E-state index contributed by atoms with van der Waals surface area (Å²) in [6.07, 6.45) is 50.9. The summed E-state index contributed by atoms with van der Waals surface area (Å²) >= 11 is 0. The van der Waals surface area contributed by atoms with Gasteiger partial charge in [-0.25, -0.2) is 0 Å². The zero-order valence-corrected chi connectivity index (χ0v) is 39.7. The number of carbonyl (C=O) groups excluding carboxylic acids is 2. The first-order valence-electron chi connectivity index (χ1n) is 23.4. The molecule has 1 aliphatic heterocycles. The van der Waals surface area contributed by atoms with E-state index < -0.39 is 32.5 Å². The summed E-state index contributed by atoms with van der Waals surface area (Å²) in [4.78, 5) is 37.6. The van der Waals surface area contributed by atoms with E-state index in [2.05, 4.69) is 86.8 Å². The molecule has 0 saturated carbocycles. The van der Waals surface area contributed by atoms with E-state index in [1.165, 1.54) is 44.9 Å². The lowest BCUT2D eigenvalue weighted by Gasteiger charge is -2.28. The van der Waals surface area contributed by atoms with Crippen molar-refractivity contribution < 1.29 is 46.8 Å². The van der Waals surface area contributed by atoms with E-state index in [9.17, 15) is 19.0 Å². The number of likely N-dealkylation sites (N-methyl/N-ethyl adjacent to an activating group) is 1. The molecule has 1 fully saturated rings.